The highest BCUT2D eigenvalue weighted by molar-refractivity contribution is 5.97. The average molecular weight is 904 g/mol. The van der Waals surface area contributed by atoms with E-state index in [1.807, 2.05) is 0 Å². The molecule has 0 aromatic rings. The Bertz CT molecular complexity index is 1720. The van der Waals surface area contributed by atoms with E-state index in [-0.39, 0.29) is 112 Å². The summed E-state index contributed by atoms with van der Waals surface area (Å²) in [5, 5.41) is 9.63. The monoisotopic (exact) mass is 904 g/mol. The van der Waals surface area contributed by atoms with Gasteiger partial charge in [0.1, 0.15) is 52.6 Å². The van der Waals surface area contributed by atoms with E-state index in [1.165, 1.54) is 20.8 Å². The van der Waals surface area contributed by atoms with Crippen molar-refractivity contribution in [3.63, 3.8) is 0 Å². The lowest BCUT2D eigenvalue weighted by Crippen LogP contribution is -2.30. The first-order valence-electron chi connectivity index (χ1n) is 21.9. The van der Waals surface area contributed by atoms with E-state index < -0.39 is 95.7 Å². The van der Waals surface area contributed by atoms with Crippen molar-refractivity contribution in [1.82, 2.24) is 0 Å². The van der Waals surface area contributed by atoms with Crippen molar-refractivity contribution in [2.24, 2.45) is 96.7 Å². The van der Waals surface area contributed by atoms with Crippen LogP contribution in [0, 0.1) is 47.3 Å². The second kappa shape index (κ2) is 31.2. The predicted octanol–water partition coefficient (Wildman–Crippen LogP) is 1.52. The van der Waals surface area contributed by atoms with Gasteiger partial charge in [0, 0.05) is 118 Å². The zero-order chi connectivity index (χ0) is 49.1. The van der Waals surface area contributed by atoms with Crippen LogP contribution in [-0.4, -0.2) is 101 Å². The fraction of sp³-hybridized carbons (Fsp3) is 0.705. The molecule has 0 aromatic carbocycles. The van der Waals surface area contributed by atoms with Gasteiger partial charge in [-0.05, 0) is 45.4 Å². The van der Waals surface area contributed by atoms with Crippen LogP contribution < -0.4 is 34.4 Å². The quantitative estimate of drug-likeness (QED) is 0.0200. The molecule has 0 amide bonds. The average Bonchev–Trinajstić information content (AvgIpc) is 3.19. The third kappa shape index (κ3) is 26.1. The molecule has 0 aliphatic heterocycles. The number of aliphatic imine (C=N–C) groups is 3. The van der Waals surface area contributed by atoms with Gasteiger partial charge in [-0.2, -0.15) is 0 Å². The number of carbonyl (C=O) groups is 10. The van der Waals surface area contributed by atoms with Crippen molar-refractivity contribution in [3.8, 4) is 0 Å². The van der Waals surface area contributed by atoms with E-state index in [0.29, 0.717) is 32.0 Å². The number of hydrogen-bond donors (Lipinski definition) is 7. The SMILES string of the molecule is CC(=O)CC(CCCN=C(N)N)C(=O)CC(C)C(=O)CC(CCCN=C(N)N)C(=O)CC(C)C(=O)CC(CC(=O)O)C(=O)CC(C)C(=O)CC(CCCN=C(N)N)C(=O)CC(C)C=O. The molecule has 0 saturated heterocycles. The van der Waals surface area contributed by atoms with Crippen LogP contribution in [0.1, 0.15) is 131 Å². The second-order valence-electron chi connectivity index (χ2n) is 17.1. The Morgan fingerprint density at radius 1 is 0.438 bits per heavy atom. The highest BCUT2D eigenvalue weighted by Crippen LogP contribution is 2.27. The number of guanidine groups is 3. The molecule has 20 heteroatoms. The maximum Gasteiger partial charge on any atom is 0.304 e. The van der Waals surface area contributed by atoms with Gasteiger partial charge in [-0.1, -0.05) is 27.7 Å². The van der Waals surface area contributed by atoms with Crippen LogP contribution in [0.4, 0.5) is 0 Å². The summed E-state index contributed by atoms with van der Waals surface area (Å²) in [6.07, 6.45) is -0.156. The van der Waals surface area contributed by atoms with E-state index in [0.717, 1.165) is 0 Å². The highest BCUT2D eigenvalue weighted by Gasteiger charge is 2.33. The second-order valence-corrected chi connectivity index (χ2v) is 17.1. The van der Waals surface area contributed by atoms with Crippen molar-refractivity contribution in [2.45, 2.75) is 131 Å². The van der Waals surface area contributed by atoms with E-state index in [1.54, 1.807) is 13.8 Å². The highest BCUT2D eigenvalue weighted by atomic mass is 16.4. The molecule has 0 radical (unpaired) electrons. The molecule has 0 bridgehead atoms. The topological polar surface area (TPSA) is 384 Å². The number of carbonyl (C=O) groups excluding carboxylic acids is 9. The molecule has 13 N–H and O–H groups in total. The number of Topliss-reactive ketones (excluding diaryl/α,β-unsaturated/α-hetero) is 8. The zero-order valence-electron chi connectivity index (χ0n) is 38.3. The fourth-order valence-corrected chi connectivity index (χ4v) is 7.24. The third-order valence-corrected chi connectivity index (χ3v) is 11.1. The summed E-state index contributed by atoms with van der Waals surface area (Å²) in [4.78, 5) is 141. The first-order chi connectivity index (χ1) is 29.9. The molecule has 0 fully saturated rings. The van der Waals surface area contributed by atoms with Crippen LogP contribution in [-0.2, 0) is 47.9 Å². The van der Waals surface area contributed by atoms with Crippen LogP contribution in [0.15, 0.2) is 15.0 Å². The Balaban J connectivity index is 5.94. The third-order valence-electron chi connectivity index (χ3n) is 11.1. The van der Waals surface area contributed by atoms with Crippen molar-refractivity contribution in [3.05, 3.63) is 0 Å². The van der Waals surface area contributed by atoms with Gasteiger partial charge in [0.05, 0.1) is 6.42 Å². The molecule has 0 spiro atoms. The molecule has 8 atom stereocenters. The van der Waals surface area contributed by atoms with Crippen molar-refractivity contribution in [2.75, 3.05) is 19.6 Å². The molecule has 0 heterocycles. The predicted molar refractivity (Wildman–Crippen MR) is 241 cm³/mol. The molecule has 0 saturated carbocycles. The Kier molecular flexibility index (Phi) is 28.4. The number of carboxylic acid groups (broad SMARTS) is 1. The first-order valence-corrected chi connectivity index (χ1v) is 21.9. The lowest BCUT2D eigenvalue weighted by Gasteiger charge is -2.22. The van der Waals surface area contributed by atoms with Gasteiger partial charge < -0.3 is 49.1 Å². The normalized spacial score (nSPS) is 14.8. The van der Waals surface area contributed by atoms with Gasteiger partial charge in [0.2, 0.25) is 0 Å². The lowest BCUT2D eigenvalue weighted by molar-refractivity contribution is -0.142. The maximum atomic E-state index is 13.8. The number of nitrogens with two attached hydrogens (primary N) is 6. The van der Waals surface area contributed by atoms with Gasteiger partial charge in [0.15, 0.2) is 17.9 Å². The molecule has 360 valence electrons. The summed E-state index contributed by atoms with van der Waals surface area (Å²) in [6, 6.07) is 0. The number of aldehydes is 1. The number of rotatable bonds is 38. The molecule has 8 unspecified atom stereocenters. The molecule has 0 aromatic heterocycles. The van der Waals surface area contributed by atoms with Crippen LogP contribution in [0.2, 0.25) is 0 Å². The number of nitrogens with zero attached hydrogens (tertiary/aromatic N) is 3. The van der Waals surface area contributed by atoms with Crippen LogP contribution >= 0.6 is 0 Å². The Morgan fingerprint density at radius 3 is 1.03 bits per heavy atom. The lowest BCUT2D eigenvalue weighted by atomic mass is 9.80. The Labute approximate surface area is 376 Å². The van der Waals surface area contributed by atoms with Crippen LogP contribution in [0.25, 0.3) is 0 Å². The maximum absolute atomic E-state index is 13.8. The summed E-state index contributed by atoms with van der Waals surface area (Å²) in [5.41, 5.74) is 32.4. The van der Waals surface area contributed by atoms with Crippen molar-refractivity contribution < 1.29 is 53.1 Å². The van der Waals surface area contributed by atoms with Crippen LogP contribution in [0.3, 0.4) is 0 Å². The van der Waals surface area contributed by atoms with E-state index in [2.05, 4.69) is 15.0 Å². The smallest absolute Gasteiger partial charge is 0.304 e. The summed E-state index contributed by atoms with van der Waals surface area (Å²) < 4.78 is 0. The summed E-state index contributed by atoms with van der Waals surface area (Å²) in [6.45, 7) is 8.08. The minimum absolute atomic E-state index is 0.00855. The van der Waals surface area contributed by atoms with Gasteiger partial charge in [-0.15, -0.1) is 0 Å². The zero-order valence-corrected chi connectivity index (χ0v) is 38.3. The first kappa shape index (κ1) is 58.3. The van der Waals surface area contributed by atoms with E-state index in [9.17, 15) is 53.1 Å². The number of carboxylic acids is 1. The molecular formula is C44H73N9O11. The Hall–Kier alpha value is -5.69. The van der Waals surface area contributed by atoms with Gasteiger partial charge in [0.25, 0.3) is 0 Å². The number of ketones is 8. The summed E-state index contributed by atoms with van der Waals surface area (Å²) >= 11 is 0. The minimum atomic E-state index is -1.35. The molecule has 20 nitrogen and oxygen atoms in total. The number of aliphatic carboxylic acids is 1. The van der Waals surface area contributed by atoms with Crippen molar-refractivity contribution >= 4 is 76.4 Å². The molecular weight excluding hydrogens is 831 g/mol. The van der Waals surface area contributed by atoms with Gasteiger partial charge in [-0.25, -0.2) is 0 Å². The van der Waals surface area contributed by atoms with Gasteiger partial charge >= 0.3 is 5.97 Å². The van der Waals surface area contributed by atoms with Gasteiger partial charge in [-0.3, -0.25) is 53.3 Å². The molecule has 0 aliphatic rings. The summed E-state index contributed by atoms with van der Waals surface area (Å²) in [7, 11) is 0. The number of hydrogen-bond acceptors (Lipinski definition) is 13. The van der Waals surface area contributed by atoms with E-state index >= 15 is 0 Å². The summed E-state index contributed by atoms with van der Waals surface area (Å²) in [5.74, 6) is -11.8. The molecule has 64 heavy (non-hydrogen) atoms. The Morgan fingerprint density at radius 2 is 0.734 bits per heavy atom. The molecule has 0 aliphatic carbocycles. The standard InChI is InChI=1S/C44H73N9O11/c1-25(24-54)15-37(59)31(10-7-13-52-43(47)48)20-34(56)28(4)18-40(62)33(23-41(63)64)22-36(58)27(3)17-39(61)32(11-8-14-53-44(49)50)21-35(57)26(2)16-38(60)30(19-29(5)55)9-6-12-51-42(45)46/h24-28,30-33H,6-23H2,1-5H3,(H,63,64)(H4,45,46,51)(H4,47,48,52)(H4,49,50,53). The van der Waals surface area contributed by atoms with Crippen molar-refractivity contribution in [1.29, 1.82) is 0 Å². The minimum Gasteiger partial charge on any atom is -0.481 e. The van der Waals surface area contributed by atoms with E-state index in [4.69, 9.17) is 34.4 Å². The fourth-order valence-electron chi connectivity index (χ4n) is 7.24. The van der Waals surface area contributed by atoms with Crippen LogP contribution in [0.5, 0.6) is 0 Å². The molecule has 0 rings (SSSR count). The largest absolute Gasteiger partial charge is 0.481 e.